The quantitative estimate of drug-likeness (QED) is 0.514. The Morgan fingerprint density at radius 3 is 2.50 bits per heavy atom. The lowest BCUT2D eigenvalue weighted by Crippen LogP contribution is -2.38. The van der Waals surface area contributed by atoms with E-state index in [0.717, 1.165) is 13.1 Å². The van der Waals surface area contributed by atoms with Crippen LogP contribution in [0.5, 0.6) is 0 Å². The highest BCUT2D eigenvalue weighted by atomic mass is 19.4. The van der Waals surface area contributed by atoms with Gasteiger partial charge in [0.25, 0.3) is 0 Å². The zero-order chi connectivity index (χ0) is 12.0. The zero-order valence-electron chi connectivity index (χ0n) is 9.13. The normalized spacial score (nSPS) is 18.7. The molecular weight excluding hydrogens is 222 g/mol. The average Bonchev–Trinajstić information content (AvgIpc) is 2.24. The zero-order valence-corrected chi connectivity index (χ0v) is 9.13. The SMILES string of the molecule is C=C(COCCN1CCOCC1)[B-](F)(F)F. The maximum atomic E-state index is 12.1. The summed E-state index contributed by atoms with van der Waals surface area (Å²) in [5.41, 5.74) is -0.776. The Balaban J connectivity index is 2.05. The van der Waals surface area contributed by atoms with Crippen molar-refractivity contribution in [3.63, 3.8) is 0 Å². The molecule has 1 fully saturated rings. The van der Waals surface area contributed by atoms with E-state index in [1.165, 1.54) is 0 Å². The van der Waals surface area contributed by atoms with E-state index in [1.807, 2.05) is 0 Å². The first-order valence-corrected chi connectivity index (χ1v) is 5.25. The van der Waals surface area contributed by atoms with Gasteiger partial charge in [0.2, 0.25) is 0 Å². The summed E-state index contributed by atoms with van der Waals surface area (Å²) in [6.07, 6.45) is 0. The third-order valence-electron chi connectivity index (χ3n) is 2.41. The van der Waals surface area contributed by atoms with E-state index in [4.69, 9.17) is 9.47 Å². The predicted molar refractivity (Wildman–Crippen MR) is 56.3 cm³/mol. The first-order chi connectivity index (χ1) is 7.50. The lowest BCUT2D eigenvalue weighted by molar-refractivity contribution is 0.0229. The van der Waals surface area contributed by atoms with Crippen LogP contribution < -0.4 is 0 Å². The van der Waals surface area contributed by atoms with Crippen LogP contribution in [0.15, 0.2) is 12.1 Å². The van der Waals surface area contributed by atoms with Crippen LogP contribution in [0.4, 0.5) is 12.9 Å². The van der Waals surface area contributed by atoms with E-state index in [0.29, 0.717) is 26.4 Å². The van der Waals surface area contributed by atoms with Gasteiger partial charge in [0.15, 0.2) is 0 Å². The van der Waals surface area contributed by atoms with Crippen molar-refractivity contribution in [1.82, 2.24) is 4.90 Å². The van der Waals surface area contributed by atoms with Gasteiger partial charge in [-0.25, -0.2) is 0 Å². The summed E-state index contributed by atoms with van der Waals surface area (Å²) in [5.74, 6) is 0. The van der Waals surface area contributed by atoms with Gasteiger partial charge in [-0.1, -0.05) is 0 Å². The molecule has 0 aliphatic carbocycles. The predicted octanol–water partition coefficient (Wildman–Crippen LogP) is 1.28. The Morgan fingerprint density at radius 2 is 1.94 bits per heavy atom. The molecule has 16 heavy (non-hydrogen) atoms. The molecule has 0 amide bonds. The minimum absolute atomic E-state index is 0.297. The number of nitrogens with zero attached hydrogens (tertiary/aromatic N) is 1. The lowest BCUT2D eigenvalue weighted by atomic mass is 9.81. The molecule has 1 aliphatic rings. The van der Waals surface area contributed by atoms with Crippen LogP contribution in [0.1, 0.15) is 0 Å². The first kappa shape index (κ1) is 13.5. The summed E-state index contributed by atoms with van der Waals surface area (Å²) in [6, 6.07) is 0. The molecule has 0 spiro atoms. The number of hydrogen-bond donors (Lipinski definition) is 0. The Bertz CT molecular complexity index is 229. The van der Waals surface area contributed by atoms with E-state index in [1.54, 1.807) is 0 Å². The van der Waals surface area contributed by atoms with E-state index in [2.05, 4.69) is 11.5 Å². The molecule has 0 N–H and O–H groups in total. The number of rotatable bonds is 6. The Morgan fingerprint density at radius 1 is 1.31 bits per heavy atom. The Hall–Kier alpha value is -0.525. The summed E-state index contributed by atoms with van der Waals surface area (Å²) in [5, 5.41) is 0. The minimum atomic E-state index is -4.96. The molecule has 3 nitrogen and oxygen atoms in total. The van der Waals surface area contributed by atoms with E-state index >= 15 is 0 Å². The molecule has 1 rings (SSSR count). The molecule has 0 saturated carbocycles. The fraction of sp³-hybridized carbons (Fsp3) is 0.778. The average molecular weight is 238 g/mol. The molecular formula is C9H16BF3NO2-. The summed E-state index contributed by atoms with van der Waals surface area (Å²) >= 11 is 0. The van der Waals surface area contributed by atoms with Gasteiger partial charge < -0.3 is 22.4 Å². The fourth-order valence-corrected chi connectivity index (χ4v) is 1.32. The monoisotopic (exact) mass is 238 g/mol. The summed E-state index contributed by atoms with van der Waals surface area (Å²) < 4.78 is 46.3. The number of halogens is 3. The largest absolute Gasteiger partial charge is 0.507 e. The van der Waals surface area contributed by atoms with Crippen LogP contribution in [-0.4, -0.2) is 57.9 Å². The fourth-order valence-electron chi connectivity index (χ4n) is 1.32. The van der Waals surface area contributed by atoms with Gasteiger partial charge in [0, 0.05) is 26.2 Å². The molecule has 0 atom stereocenters. The minimum Gasteiger partial charge on any atom is -0.445 e. The topological polar surface area (TPSA) is 21.7 Å². The molecule has 0 aromatic carbocycles. The van der Waals surface area contributed by atoms with Crippen molar-refractivity contribution in [2.45, 2.75) is 0 Å². The van der Waals surface area contributed by atoms with Crippen LogP contribution in [0.25, 0.3) is 0 Å². The highest BCUT2D eigenvalue weighted by Crippen LogP contribution is 2.17. The number of ether oxygens (including phenoxy) is 2. The van der Waals surface area contributed by atoms with Crippen LogP contribution in [0.2, 0.25) is 0 Å². The van der Waals surface area contributed by atoms with Gasteiger partial charge in [0.1, 0.15) is 0 Å². The first-order valence-electron chi connectivity index (χ1n) is 5.25. The van der Waals surface area contributed by atoms with Gasteiger partial charge in [0.05, 0.1) is 19.8 Å². The summed E-state index contributed by atoms with van der Waals surface area (Å²) in [7, 11) is 0. The van der Waals surface area contributed by atoms with E-state index in [-0.39, 0.29) is 0 Å². The van der Waals surface area contributed by atoms with Crippen LogP contribution in [-0.2, 0) is 9.47 Å². The molecule has 0 aromatic heterocycles. The molecule has 0 bridgehead atoms. The molecule has 0 radical (unpaired) electrons. The van der Waals surface area contributed by atoms with Gasteiger partial charge in [-0.05, 0) is 0 Å². The Kier molecular flexibility index (Phi) is 5.31. The van der Waals surface area contributed by atoms with Crippen molar-refractivity contribution in [3.05, 3.63) is 12.1 Å². The summed E-state index contributed by atoms with van der Waals surface area (Å²) in [6.45, 7) is 1.49. The third kappa shape index (κ3) is 5.00. The van der Waals surface area contributed by atoms with Crippen LogP contribution >= 0.6 is 0 Å². The van der Waals surface area contributed by atoms with Gasteiger partial charge in [-0.15, -0.1) is 12.1 Å². The highest BCUT2D eigenvalue weighted by Gasteiger charge is 2.26. The Labute approximate surface area is 93.3 Å². The molecule has 7 heteroatoms. The smallest absolute Gasteiger partial charge is 0.445 e. The molecule has 94 valence electrons. The lowest BCUT2D eigenvalue weighted by Gasteiger charge is -2.26. The van der Waals surface area contributed by atoms with E-state index in [9.17, 15) is 12.9 Å². The van der Waals surface area contributed by atoms with Gasteiger partial charge in [-0.3, -0.25) is 4.90 Å². The van der Waals surface area contributed by atoms with Crippen molar-refractivity contribution >= 4 is 6.98 Å². The molecule has 0 aromatic rings. The van der Waals surface area contributed by atoms with Crippen molar-refractivity contribution in [2.75, 3.05) is 46.1 Å². The van der Waals surface area contributed by atoms with Crippen molar-refractivity contribution in [1.29, 1.82) is 0 Å². The van der Waals surface area contributed by atoms with Crippen LogP contribution in [0, 0.1) is 0 Å². The second-order valence-corrected chi connectivity index (χ2v) is 3.74. The van der Waals surface area contributed by atoms with Crippen LogP contribution in [0.3, 0.4) is 0 Å². The molecule has 0 unspecified atom stereocenters. The van der Waals surface area contributed by atoms with Crippen molar-refractivity contribution in [2.24, 2.45) is 0 Å². The van der Waals surface area contributed by atoms with Crippen molar-refractivity contribution < 1.29 is 22.4 Å². The summed E-state index contributed by atoms with van der Waals surface area (Å²) in [4.78, 5) is 2.10. The highest BCUT2D eigenvalue weighted by molar-refractivity contribution is 6.66. The second kappa shape index (κ2) is 6.27. The molecule has 1 aliphatic heterocycles. The maximum Gasteiger partial charge on any atom is 0.507 e. The molecule has 1 saturated heterocycles. The number of morpholine rings is 1. The standard InChI is InChI=1S/C9H16BF3NO2/c1-9(10(11,12)13)8-16-7-4-14-2-5-15-6-3-14/h1-8H2/q-1. The molecule has 1 heterocycles. The number of hydrogen-bond acceptors (Lipinski definition) is 3. The second-order valence-electron chi connectivity index (χ2n) is 3.74. The maximum absolute atomic E-state index is 12.1. The third-order valence-corrected chi connectivity index (χ3v) is 2.41. The van der Waals surface area contributed by atoms with Gasteiger partial charge >= 0.3 is 6.98 Å². The van der Waals surface area contributed by atoms with Gasteiger partial charge in [-0.2, -0.15) is 0 Å². The van der Waals surface area contributed by atoms with E-state index < -0.39 is 19.1 Å². The van der Waals surface area contributed by atoms with Crippen molar-refractivity contribution in [3.8, 4) is 0 Å².